The molecule has 0 aliphatic carbocycles. The number of hydrogen-bond donors (Lipinski definition) is 3. The van der Waals surface area contributed by atoms with Crippen molar-refractivity contribution in [2.45, 2.75) is 95.5 Å². The summed E-state index contributed by atoms with van der Waals surface area (Å²) in [5.74, 6) is -0.213. The molecule has 10 heteroatoms. The van der Waals surface area contributed by atoms with Gasteiger partial charge in [-0.2, -0.15) is 0 Å². The van der Waals surface area contributed by atoms with Crippen LogP contribution in [-0.4, -0.2) is 112 Å². The van der Waals surface area contributed by atoms with Crippen molar-refractivity contribution in [2.75, 3.05) is 66.1 Å². The molecular weight excluding hydrogens is 472 g/mol. The van der Waals surface area contributed by atoms with Crippen molar-refractivity contribution in [3.05, 3.63) is 0 Å². The van der Waals surface area contributed by atoms with Crippen molar-refractivity contribution >= 4 is 5.97 Å². The molecule has 1 heterocycles. The van der Waals surface area contributed by atoms with E-state index in [0.717, 1.165) is 19.3 Å². The van der Waals surface area contributed by atoms with Crippen LogP contribution in [0.3, 0.4) is 0 Å². The van der Waals surface area contributed by atoms with Crippen LogP contribution in [0.4, 0.5) is 0 Å². The molecule has 1 aliphatic heterocycles. The number of unbranched alkanes of at least 4 members (excludes halogenated alkanes) is 8. The molecule has 0 saturated carbocycles. The summed E-state index contributed by atoms with van der Waals surface area (Å²) in [5, 5.41) is 27.4. The summed E-state index contributed by atoms with van der Waals surface area (Å²) in [6, 6.07) is 0. The lowest BCUT2D eigenvalue weighted by atomic mass is 10.1. The average Bonchev–Trinajstić information content (AvgIpc) is 3.29. The van der Waals surface area contributed by atoms with Crippen LogP contribution in [0, 0.1) is 0 Å². The van der Waals surface area contributed by atoms with Crippen LogP contribution in [0.5, 0.6) is 0 Å². The van der Waals surface area contributed by atoms with Gasteiger partial charge in [0, 0.05) is 6.42 Å². The molecule has 4 atom stereocenters. The highest BCUT2D eigenvalue weighted by molar-refractivity contribution is 5.69. The monoisotopic (exact) mass is 522 g/mol. The van der Waals surface area contributed by atoms with E-state index < -0.39 is 24.4 Å². The normalized spacial score (nSPS) is 20.6. The van der Waals surface area contributed by atoms with E-state index >= 15 is 0 Å². The van der Waals surface area contributed by atoms with Crippen molar-refractivity contribution in [2.24, 2.45) is 0 Å². The van der Waals surface area contributed by atoms with Crippen LogP contribution in [0.15, 0.2) is 0 Å². The Bertz CT molecular complexity index is 507. The van der Waals surface area contributed by atoms with Gasteiger partial charge in [-0.1, -0.05) is 58.3 Å². The first-order valence-electron chi connectivity index (χ1n) is 13.7. The van der Waals surface area contributed by atoms with Gasteiger partial charge in [0.15, 0.2) is 0 Å². The molecule has 0 aromatic carbocycles. The summed E-state index contributed by atoms with van der Waals surface area (Å²) in [7, 11) is 0. The number of ether oxygens (including phenoxy) is 6. The van der Waals surface area contributed by atoms with E-state index in [1.165, 1.54) is 38.5 Å². The van der Waals surface area contributed by atoms with Crippen LogP contribution in [-0.2, 0) is 33.2 Å². The van der Waals surface area contributed by atoms with E-state index in [-0.39, 0.29) is 72.0 Å². The molecule has 1 saturated heterocycles. The molecule has 10 nitrogen and oxygen atoms in total. The van der Waals surface area contributed by atoms with Crippen LogP contribution >= 0.6 is 0 Å². The Morgan fingerprint density at radius 1 is 0.833 bits per heavy atom. The molecule has 1 rings (SSSR count). The molecule has 0 unspecified atom stereocenters. The van der Waals surface area contributed by atoms with Gasteiger partial charge in [-0.25, -0.2) is 0 Å². The van der Waals surface area contributed by atoms with Crippen LogP contribution in [0.2, 0.25) is 0 Å². The van der Waals surface area contributed by atoms with E-state index in [1.54, 1.807) is 0 Å². The first-order chi connectivity index (χ1) is 17.7. The third-order valence-electron chi connectivity index (χ3n) is 6.01. The second-order valence-electron chi connectivity index (χ2n) is 9.00. The number of esters is 1. The van der Waals surface area contributed by atoms with Crippen molar-refractivity contribution < 1.29 is 48.5 Å². The smallest absolute Gasteiger partial charge is 0.305 e. The van der Waals surface area contributed by atoms with Crippen molar-refractivity contribution in [1.82, 2.24) is 0 Å². The predicted molar refractivity (Wildman–Crippen MR) is 134 cm³/mol. The van der Waals surface area contributed by atoms with E-state index in [2.05, 4.69) is 6.92 Å². The van der Waals surface area contributed by atoms with E-state index in [4.69, 9.17) is 38.6 Å². The van der Waals surface area contributed by atoms with E-state index in [1.807, 2.05) is 0 Å². The summed E-state index contributed by atoms with van der Waals surface area (Å²) in [6.45, 7) is 2.88. The molecule has 36 heavy (non-hydrogen) atoms. The van der Waals surface area contributed by atoms with Gasteiger partial charge in [0.2, 0.25) is 0 Å². The molecule has 0 bridgehead atoms. The minimum Gasteiger partial charge on any atom is -0.463 e. The van der Waals surface area contributed by atoms with Gasteiger partial charge >= 0.3 is 5.97 Å². The van der Waals surface area contributed by atoms with Gasteiger partial charge in [-0.05, 0) is 6.42 Å². The summed E-state index contributed by atoms with van der Waals surface area (Å²) < 4.78 is 33.8. The maximum Gasteiger partial charge on any atom is 0.305 e. The Balaban J connectivity index is 2.27. The second kappa shape index (κ2) is 23.3. The number of rotatable bonds is 25. The largest absolute Gasteiger partial charge is 0.463 e. The number of carbonyl (C=O) groups excluding carboxylic acids is 1. The third kappa shape index (κ3) is 15.4. The summed E-state index contributed by atoms with van der Waals surface area (Å²) in [5.41, 5.74) is 0. The molecule has 214 valence electrons. The maximum absolute atomic E-state index is 11.9. The van der Waals surface area contributed by atoms with Gasteiger partial charge in [0.1, 0.15) is 31.0 Å². The van der Waals surface area contributed by atoms with E-state index in [0.29, 0.717) is 6.42 Å². The lowest BCUT2D eigenvalue weighted by Crippen LogP contribution is -2.45. The highest BCUT2D eigenvalue weighted by atomic mass is 16.6. The molecule has 0 amide bonds. The molecule has 0 spiro atoms. The number of hydrogen-bond acceptors (Lipinski definition) is 10. The molecule has 0 aromatic heterocycles. The lowest BCUT2D eigenvalue weighted by molar-refractivity contribution is -0.149. The highest BCUT2D eigenvalue weighted by Gasteiger charge is 2.44. The molecule has 1 aliphatic rings. The number of carbonyl (C=O) groups is 1. The topological polar surface area (TPSA) is 133 Å². The first kappa shape index (κ1) is 33.2. The van der Waals surface area contributed by atoms with Gasteiger partial charge < -0.3 is 43.7 Å². The summed E-state index contributed by atoms with van der Waals surface area (Å²) in [4.78, 5) is 11.9. The molecule has 0 radical (unpaired) electrons. The van der Waals surface area contributed by atoms with Crippen molar-refractivity contribution in [3.8, 4) is 0 Å². The zero-order valence-corrected chi connectivity index (χ0v) is 22.2. The fraction of sp³-hybridized carbons (Fsp3) is 0.962. The van der Waals surface area contributed by atoms with Gasteiger partial charge in [0.05, 0.1) is 59.5 Å². The SMILES string of the molecule is CCCCCCCCCCCC(=O)OCCOC[C@H](OCCO)[C@@H]1OC[C@@H](OCCO)[C@@H]1OCCO. The predicted octanol–water partition coefficient (Wildman–Crippen LogP) is 2.00. The summed E-state index contributed by atoms with van der Waals surface area (Å²) >= 11 is 0. The van der Waals surface area contributed by atoms with Crippen LogP contribution in [0.1, 0.15) is 71.1 Å². The number of aliphatic hydroxyl groups excluding tert-OH is 3. The quantitative estimate of drug-likeness (QED) is 0.121. The van der Waals surface area contributed by atoms with Gasteiger partial charge in [-0.3, -0.25) is 4.79 Å². The molecule has 1 fully saturated rings. The van der Waals surface area contributed by atoms with Crippen LogP contribution < -0.4 is 0 Å². The Labute approximate surface area is 216 Å². The minimum atomic E-state index is -0.554. The lowest BCUT2D eigenvalue weighted by Gasteiger charge is -2.29. The van der Waals surface area contributed by atoms with Gasteiger partial charge in [0.25, 0.3) is 0 Å². The Kier molecular flexibility index (Phi) is 21.5. The van der Waals surface area contributed by atoms with Crippen molar-refractivity contribution in [1.29, 1.82) is 0 Å². The fourth-order valence-corrected chi connectivity index (χ4v) is 4.17. The Morgan fingerprint density at radius 3 is 2.14 bits per heavy atom. The maximum atomic E-state index is 11.9. The zero-order valence-electron chi connectivity index (χ0n) is 22.2. The Morgan fingerprint density at radius 2 is 1.47 bits per heavy atom. The third-order valence-corrected chi connectivity index (χ3v) is 6.01. The second-order valence-corrected chi connectivity index (χ2v) is 9.00. The highest BCUT2D eigenvalue weighted by Crippen LogP contribution is 2.25. The fourth-order valence-electron chi connectivity index (χ4n) is 4.17. The van der Waals surface area contributed by atoms with Gasteiger partial charge in [-0.15, -0.1) is 0 Å². The van der Waals surface area contributed by atoms with Crippen LogP contribution in [0.25, 0.3) is 0 Å². The minimum absolute atomic E-state index is 0.0937. The number of aliphatic hydroxyl groups is 3. The van der Waals surface area contributed by atoms with Crippen molar-refractivity contribution in [3.63, 3.8) is 0 Å². The molecule has 3 N–H and O–H groups in total. The zero-order chi connectivity index (χ0) is 26.3. The van der Waals surface area contributed by atoms with E-state index in [9.17, 15) is 9.90 Å². The molecular formula is C26H50O10. The standard InChI is InChI=1S/C26H50O10/c1-2-3-4-5-6-7-8-9-10-11-24(30)34-19-18-31-20-22(32-15-12-27)26-25(35-17-14-29)23(21-36-26)33-16-13-28/h22-23,25-29H,2-21H2,1H3/t22-,23+,25-,26-/m0/s1. The average molecular weight is 523 g/mol. The molecule has 0 aromatic rings. The Hall–Kier alpha value is -0.850. The first-order valence-corrected chi connectivity index (χ1v) is 13.7. The summed E-state index contributed by atoms with van der Waals surface area (Å²) in [6.07, 6.45) is 9.17.